The van der Waals surface area contributed by atoms with Crippen molar-refractivity contribution < 1.29 is 23.8 Å². The first-order valence-electron chi connectivity index (χ1n) is 5.50. The van der Waals surface area contributed by atoms with E-state index in [-0.39, 0.29) is 18.5 Å². The molecule has 6 heteroatoms. The minimum atomic E-state index is -1.03. The normalized spacial score (nSPS) is 14.2. The fourth-order valence-corrected chi connectivity index (χ4v) is 1.50. The van der Waals surface area contributed by atoms with E-state index in [4.69, 9.17) is 5.11 Å². The van der Waals surface area contributed by atoms with Crippen molar-refractivity contribution in [3.05, 3.63) is 35.4 Å². The molecule has 2 atom stereocenters. The summed E-state index contributed by atoms with van der Waals surface area (Å²) in [7, 11) is 0. The summed E-state index contributed by atoms with van der Waals surface area (Å²) in [5.41, 5.74) is 0.240. The molecule has 0 radical (unpaired) electrons. The van der Waals surface area contributed by atoms with Crippen molar-refractivity contribution in [2.24, 2.45) is 0 Å². The van der Waals surface area contributed by atoms with Crippen molar-refractivity contribution in [3.63, 3.8) is 0 Å². The fraction of sp³-hybridized carbons (Fsp3) is 0.417. The highest BCUT2D eigenvalue weighted by atomic mass is 19.2. The molecule has 0 bridgehead atoms. The van der Waals surface area contributed by atoms with Crippen LogP contribution in [0.2, 0.25) is 0 Å². The van der Waals surface area contributed by atoms with Gasteiger partial charge in [-0.25, -0.2) is 8.78 Å². The second kappa shape index (κ2) is 6.42. The van der Waals surface area contributed by atoms with Gasteiger partial charge in [0.1, 0.15) is 0 Å². The minimum Gasteiger partial charge on any atom is -0.481 e. The maximum atomic E-state index is 13.0. The first kappa shape index (κ1) is 14.5. The van der Waals surface area contributed by atoms with Crippen LogP contribution in [0.15, 0.2) is 18.2 Å². The Hall–Kier alpha value is -1.53. The summed E-state index contributed by atoms with van der Waals surface area (Å²) < 4.78 is 25.7. The summed E-state index contributed by atoms with van der Waals surface area (Å²) in [6, 6.07) is 2.69. The molecular weight excluding hydrogens is 244 g/mol. The summed E-state index contributed by atoms with van der Waals surface area (Å²) in [4.78, 5) is 10.3. The molecule has 0 saturated heterocycles. The Morgan fingerprint density at radius 2 is 2.06 bits per heavy atom. The monoisotopic (exact) mass is 259 g/mol. The number of nitrogens with one attached hydrogen (secondary N) is 1. The van der Waals surface area contributed by atoms with E-state index >= 15 is 0 Å². The number of carbonyl (C=O) groups is 1. The van der Waals surface area contributed by atoms with E-state index in [2.05, 4.69) is 5.32 Å². The minimum absolute atomic E-state index is 0.0746. The summed E-state index contributed by atoms with van der Waals surface area (Å²) in [6.45, 7) is 1.82. The van der Waals surface area contributed by atoms with Crippen molar-refractivity contribution in [3.8, 4) is 0 Å². The number of aliphatic carboxylic acids is 1. The lowest BCUT2D eigenvalue weighted by Crippen LogP contribution is -2.33. The zero-order chi connectivity index (χ0) is 13.7. The second-order valence-electron chi connectivity index (χ2n) is 4.00. The molecule has 0 aliphatic heterocycles. The van der Waals surface area contributed by atoms with Gasteiger partial charge in [-0.1, -0.05) is 6.07 Å². The van der Waals surface area contributed by atoms with Crippen molar-refractivity contribution in [1.82, 2.24) is 5.32 Å². The Labute approximate surface area is 103 Å². The lowest BCUT2D eigenvalue weighted by atomic mass is 10.0. The van der Waals surface area contributed by atoms with Crippen LogP contribution in [-0.4, -0.2) is 28.8 Å². The highest BCUT2D eigenvalue weighted by Crippen LogP contribution is 2.19. The molecule has 3 N–H and O–H groups in total. The van der Waals surface area contributed by atoms with Crippen LogP contribution < -0.4 is 5.32 Å². The lowest BCUT2D eigenvalue weighted by molar-refractivity contribution is -0.136. The Morgan fingerprint density at radius 1 is 1.39 bits per heavy atom. The van der Waals surface area contributed by atoms with E-state index in [1.54, 1.807) is 6.92 Å². The molecule has 0 spiro atoms. The van der Waals surface area contributed by atoms with Gasteiger partial charge in [-0.15, -0.1) is 0 Å². The van der Waals surface area contributed by atoms with Gasteiger partial charge in [0.2, 0.25) is 0 Å². The van der Waals surface area contributed by atoms with Gasteiger partial charge in [0, 0.05) is 12.6 Å². The third kappa shape index (κ3) is 4.05. The molecular formula is C12H15F2NO3. The molecule has 18 heavy (non-hydrogen) atoms. The Bertz CT molecular complexity index is 426. The van der Waals surface area contributed by atoms with Crippen LogP contribution in [0.3, 0.4) is 0 Å². The molecule has 100 valence electrons. The maximum absolute atomic E-state index is 13.0. The summed E-state index contributed by atoms with van der Waals surface area (Å²) in [5, 5.41) is 21.1. The number of aliphatic hydroxyl groups is 1. The first-order chi connectivity index (χ1) is 8.41. The number of carboxylic acid groups (broad SMARTS) is 1. The van der Waals surface area contributed by atoms with E-state index < -0.39 is 29.7 Å². The Kier molecular flexibility index (Phi) is 5.18. The number of benzene rings is 1. The lowest BCUT2D eigenvalue weighted by Gasteiger charge is -2.20. The Morgan fingerprint density at radius 3 is 2.61 bits per heavy atom. The van der Waals surface area contributed by atoms with E-state index in [9.17, 15) is 18.7 Å². The molecule has 1 aromatic rings. The van der Waals surface area contributed by atoms with Gasteiger partial charge in [0.25, 0.3) is 0 Å². The zero-order valence-corrected chi connectivity index (χ0v) is 9.86. The standard InChI is InChI=1S/C12H15F2NO3/c1-7(15-5-4-11(16)17)12(18)8-2-3-9(13)10(14)6-8/h2-3,6-7,12,15,18H,4-5H2,1H3,(H,16,17). The van der Waals surface area contributed by atoms with E-state index in [1.807, 2.05) is 0 Å². The van der Waals surface area contributed by atoms with Crippen LogP contribution in [0.1, 0.15) is 25.0 Å². The van der Waals surface area contributed by atoms with Crippen molar-refractivity contribution >= 4 is 5.97 Å². The third-order valence-corrected chi connectivity index (χ3v) is 2.56. The van der Waals surface area contributed by atoms with Gasteiger partial charge in [0.15, 0.2) is 11.6 Å². The number of carboxylic acids is 1. The average molecular weight is 259 g/mol. The smallest absolute Gasteiger partial charge is 0.304 e. The van der Waals surface area contributed by atoms with Crippen LogP contribution in [0.5, 0.6) is 0 Å². The molecule has 0 aliphatic carbocycles. The van der Waals surface area contributed by atoms with Crippen LogP contribution in [0.4, 0.5) is 8.78 Å². The largest absolute Gasteiger partial charge is 0.481 e. The molecule has 0 amide bonds. The topological polar surface area (TPSA) is 69.6 Å². The highest BCUT2D eigenvalue weighted by molar-refractivity contribution is 5.66. The molecule has 1 rings (SSSR count). The van der Waals surface area contributed by atoms with Gasteiger partial charge in [-0.05, 0) is 24.6 Å². The summed E-state index contributed by atoms with van der Waals surface area (Å²) >= 11 is 0. The molecule has 0 saturated carbocycles. The SMILES string of the molecule is CC(NCCC(=O)O)C(O)c1ccc(F)c(F)c1. The van der Waals surface area contributed by atoms with E-state index in [0.717, 1.165) is 12.1 Å². The molecule has 2 unspecified atom stereocenters. The van der Waals surface area contributed by atoms with E-state index in [1.165, 1.54) is 6.07 Å². The van der Waals surface area contributed by atoms with Crippen molar-refractivity contribution in [1.29, 1.82) is 0 Å². The van der Waals surface area contributed by atoms with Crippen molar-refractivity contribution in [2.45, 2.75) is 25.5 Å². The number of halogens is 2. The highest BCUT2D eigenvalue weighted by Gasteiger charge is 2.17. The molecule has 0 heterocycles. The van der Waals surface area contributed by atoms with Crippen molar-refractivity contribution in [2.75, 3.05) is 6.54 Å². The van der Waals surface area contributed by atoms with E-state index in [0.29, 0.717) is 0 Å². The van der Waals surface area contributed by atoms with Gasteiger partial charge in [-0.2, -0.15) is 0 Å². The molecule has 0 fully saturated rings. The predicted molar refractivity (Wildman–Crippen MR) is 61.0 cm³/mol. The molecule has 4 nitrogen and oxygen atoms in total. The number of aliphatic hydroxyl groups excluding tert-OH is 1. The Balaban J connectivity index is 2.59. The zero-order valence-electron chi connectivity index (χ0n) is 9.86. The summed E-state index contributed by atoms with van der Waals surface area (Å²) in [5.74, 6) is -2.95. The van der Waals surface area contributed by atoms with Crippen LogP contribution in [-0.2, 0) is 4.79 Å². The second-order valence-corrected chi connectivity index (χ2v) is 4.00. The quantitative estimate of drug-likeness (QED) is 0.723. The van der Waals surface area contributed by atoms with Crippen LogP contribution >= 0.6 is 0 Å². The predicted octanol–water partition coefficient (Wildman–Crippen LogP) is 1.45. The van der Waals surface area contributed by atoms with Crippen LogP contribution in [0.25, 0.3) is 0 Å². The molecule has 0 aromatic heterocycles. The summed E-state index contributed by atoms with van der Waals surface area (Å²) in [6.07, 6.45) is -1.11. The number of hydrogen-bond donors (Lipinski definition) is 3. The molecule has 0 aliphatic rings. The third-order valence-electron chi connectivity index (χ3n) is 2.56. The number of rotatable bonds is 6. The molecule has 1 aromatic carbocycles. The van der Waals surface area contributed by atoms with Gasteiger partial charge >= 0.3 is 5.97 Å². The van der Waals surface area contributed by atoms with Gasteiger partial charge < -0.3 is 15.5 Å². The first-order valence-corrected chi connectivity index (χ1v) is 5.50. The van der Waals surface area contributed by atoms with Gasteiger partial charge in [0.05, 0.1) is 12.5 Å². The fourth-order valence-electron chi connectivity index (χ4n) is 1.50. The number of hydrogen-bond acceptors (Lipinski definition) is 3. The average Bonchev–Trinajstić information content (AvgIpc) is 2.31. The van der Waals surface area contributed by atoms with Crippen LogP contribution in [0, 0.1) is 11.6 Å². The maximum Gasteiger partial charge on any atom is 0.304 e. The van der Waals surface area contributed by atoms with Gasteiger partial charge in [-0.3, -0.25) is 4.79 Å².